The van der Waals surface area contributed by atoms with Gasteiger partial charge in [-0.15, -0.1) is 24.0 Å². The molecule has 0 saturated carbocycles. The van der Waals surface area contributed by atoms with E-state index in [4.69, 9.17) is 23.6 Å². The van der Waals surface area contributed by atoms with Crippen LogP contribution in [0.4, 0.5) is 28.4 Å². The van der Waals surface area contributed by atoms with Crippen LogP contribution in [-0.2, 0) is 56.2 Å². The average Bonchev–Trinajstić information content (AvgIpc) is 3.18. The molecule has 0 unspecified atom stereocenters. The summed E-state index contributed by atoms with van der Waals surface area (Å²) in [6.07, 6.45) is 0. The molecule has 0 amide bonds. The molecule has 304 valence electrons. The van der Waals surface area contributed by atoms with Crippen molar-refractivity contribution in [2.24, 2.45) is 20.5 Å². The van der Waals surface area contributed by atoms with Crippen LogP contribution in [0.25, 0.3) is 10.8 Å². The predicted molar refractivity (Wildman–Crippen MR) is 188 cm³/mol. The molecule has 4 aromatic carbocycles. The van der Waals surface area contributed by atoms with Crippen molar-refractivity contribution in [2.45, 2.75) is 14.7 Å². The number of anilines is 1. The Morgan fingerprint density at radius 2 is 1.25 bits per heavy atom. The van der Waals surface area contributed by atoms with Gasteiger partial charge in [-0.3, -0.25) is 23.5 Å². The van der Waals surface area contributed by atoms with Crippen LogP contribution in [0.5, 0.6) is 17.2 Å². The number of aromatic hydroxyl groups is 1. The van der Waals surface area contributed by atoms with Crippen LogP contribution >= 0.6 is 36.7 Å². The Hall–Kier alpha value is -0.950. The molecule has 0 heterocycles. The van der Waals surface area contributed by atoms with E-state index in [0.717, 1.165) is 6.07 Å². The van der Waals surface area contributed by atoms with Crippen LogP contribution in [0, 0.1) is 0 Å². The minimum absolute atomic E-state index is 0. The Labute approximate surface area is 414 Å². The van der Waals surface area contributed by atoms with E-state index in [9.17, 15) is 37.7 Å². The summed E-state index contributed by atoms with van der Waals surface area (Å²) >= 11 is 0.675. The molecule has 0 spiro atoms. The number of hydrogen-bond donors (Lipinski definition) is 2. The van der Waals surface area contributed by atoms with Crippen LogP contribution in [0.2, 0.25) is 0 Å². The summed E-state index contributed by atoms with van der Waals surface area (Å²) in [5.41, 5.74) is 6.31. The monoisotopic (exact) mass is 949 g/mol. The van der Waals surface area contributed by atoms with Crippen LogP contribution < -0.4 is 120 Å². The summed E-state index contributed by atoms with van der Waals surface area (Å²) in [4.78, 5) is -0.379. The molecule has 0 saturated heterocycles. The fourth-order valence-electron chi connectivity index (χ4n) is 4.50. The first-order valence-corrected chi connectivity index (χ1v) is 20.1. The number of methoxy groups -OCH3 is 2. The Bertz CT molecular complexity index is 2250. The first kappa shape index (κ1) is 56.1. The van der Waals surface area contributed by atoms with Gasteiger partial charge in [-0.1, -0.05) is 0 Å². The molecule has 23 nitrogen and oxygen atoms in total. The van der Waals surface area contributed by atoms with E-state index >= 15 is 0 Å². The minimum Gasteiger partial charge on any atom is -0.691 e. The number of ether oxygens (including phenoxy) is 2. The zero-order valence-electron chi connectivity index (χ0n) is 31.3. The number of nitrogens with two attached hydrogens (primary N) is 1. The van der Waals surface area contributed by atoms with Gasteiger partial charge in [-0.05, 0) is 42.5 Å². The summed E-state index contributed by atoms with van der Waals surface area (Å²) < 4.78 is 83.8. The molecule has 0 fully saturated rings. The van der Waals surface area contributed by atoms with Gasteiger partial charge in [0.2, 0.25) is 0 Å². The first-order valence-electron chi connectivity index (χ1n) is 14.8. The molecule has 0 aromatic heterocycles. The summed E-state index contributed by atoms with van der Waals surface area (Å²) in [7, 11) is -5.39. The Morgan fingerprint density at radius 3 is 1.83 bits per heavy atom. The van der Waals surface area contributed by atoms with Crippen molar-refractivity contribution in [1.29, 1.82) is 0 Å². The number of sulfone groups is 2. The van der Waals surface area contributed by atoms with Crippen molar-refractivity contribution < 1.29 is 172 Å². The molecule has 4 aromatic rings. The van der Waals surface area contributed by atoms with Gasteiger partial charge in [0.1, 0.15) is 33.5 Å². The number of hydrogen-bond acceptors (Lipinski definition) is 26. The molecule has 0 atom stereocenters. The molecule has 0 aliphatic carbocycles. The van der Waals surface area contributed by atoms with Gasteiger partial charge in [-0.25, -0.2) is 16.8 Å². The van der Waals surface area contributed by atoms with Gasteiger partial charge < -0.3 is 36.1 Å². The molecule has 4 rings (SSSR count). The fourth-order valence-corrected chi connectivity index (χ4v) is 7.96. The maximum Gasteiger partial charge on any atom is 1.00 e. The van der Waals surface area contributed by atoms with Crippen molar-refractivity contribution in [3.8, 4) is 17.2 Å². The number of fused-ring (bicyclic) bond motifs is 1. The van der Waals surface area contributed by atoms with E-state index in [0.29, 0.717) is 12.0 Å². The van der Waals surface area contributed by atoms with Gasteiger partial charge >= 0.3 is 88.7 Å². The molecular formula is C28H26N5Na3O18S5. The summed E-state index contributed by atoms with van der Waals surface area (Å²) in [5.74, 6) is -1.72. The summed E-state index contributed by atoms with van der Waals surface area (Å²) in [6.45, 7) is -0.703. The number of phenols is 1. The topological polar surface area (TPSA) is 325 Å². The Balaban J connectivity index is 0.00000580. The molecule has 3 N–H and O–H groups in total. The number of nitrogens with zero attached hydrogens (tertiary/aromatic N) is 4. The summed E-state index contributed by atoms with van der Waals surface area (Å²) in [6, 6.07) is 11.9. The van der Waals surface area contributed by atoms with E-state index in [-0.39, 0.29) is 185 Å². The van der Waals surface area contributed by atoms with Crippen LogP contribution in [0.3, 0.4) is 0 Å². The maximum atomic E-state index is 13.0. The van der Waals surface area contributed by atoms with E-state index in [1.54, 1.807) is 0 Å². The fraction of sp³-hybridized carbons (Fsp3) is 0.214. The van der Waals surface area contributed by atoms with E-state index in [2.05, 4.69) is 48.6 Å². The third-order valence-corrected chi connectivity index (χ3v) is 11.7. The SMILES string of the molecule is COc1cc(S(=O)(=O)CCOSOO[O-])c(OC)cc1N=Nc1c(SOO[O-])cc2c(N=Nc3ccc(S(=O)(=O)CCOSOO[O-])cc3)c(N)ccc2c1O.[Na+].[Na+].[Na+]. The first-order chi connectivity index (χ1) is 26.9. The van der Waals surface area contributed by atoms with E-state index in [1.807, 2.05) is 0 Å². The summed E-state index contributed by atoms with van der Waals surface area (Å²) in [5, 5.41) is 68.5. The van der Waals surface area contributed by atoms with Crippen molar-refractivity contribution in [2.75, 3.05) is 44.7 Å². The number of nitrogen functional groups attached to an aromatic ring is 1. The zero-order chi connectivity index (χ0) is 40.7. The zero-order valence-corrected chi connectivity index (χ0v) is 41.4. The second-order valence-electron chi connectivity index (χ2n) is 10.1. The number of rotatable bonds is 23. The Kier molecular flexibility index (Phi) is 26.6. The third kappa shape index (κ3) is 16.0. The average molecular weight is 950 g/mol. The van der Waals surface area contributed by atoms with Crippen molar-refractivity contribution in [3.05, 3.63) is 54.6 Å². The molecule has 31 heteroatoms. The third-order valence-electron chi connectivity index (χ3n) is 6.99. The van der Waals surface area contributed by atoms with Gasteiger partial charge in [0, 0.05) is 22.9 Å². The number of benzene rings is 4. The quantitative estimate of drug-likeness (QED) is 0.0133. The van der Waals surface area contributed by atoms with Crippen LogP contribution in [0.1, 0.15) is 0 Å². The standard InChI is InChI=1S/C28H29N5O18S5.3Na/c1-42-22-15-25(56(40,41)12-10-45-54-51-48-37)23(43-2)14-21(22)31-33-27-24(52-49-46-35)13-19-18(28(27)34)7-8-20(29)26(19)32-30-16-3-5-17(6-4-16)55(38,39)11-9-44-53-50-47-36;;;/h3-8,13-15,34-37H,9-12,29H2,1-2H3;;;/q;3*+1/p-3. The van der Waals surface area contributed by atoms with Gasteiger partial charge in [0.25, 0.3) is 0 Å². The number of phenolic OH excluding ortho intramolecular Hbond substituents is 1. The molecule has 59 heavy (non-hydrogen) atoms. The molecule has 0 radical (unpaired) electrons. The van der Waals surface area contributed by atoms with Gasteiger partial charge in [0.15, 0.2) is 50.1 Å². The molecule has 0 aliphatic rings. The Morgan fingerprint density at radius 1 is 0.678 bits per heavy atom. The minimum atomic E-state index is -4.06. The normalized spacial score (nSPS) is 11.7. The molecular weight excluding hydrogens is 924 g/mol. The molecule has 0 bridgehead atoms. The number of azo groups is 2. The second-order valence-corrected chi connectivity index (χ2v) is 16.1. The van der Waals surface area contributed by atoms with Crippen molar-refractivity contribution in [1.82, 2.24) is 0 Å². The van der Waals surface area contributed by atoms with Gasteiger partial charge in [0.05, 0.1) is 72.1 Å². The largest absolute Gasteiger partial charge is 1.00 e. The van der Waals surface area contributed by atoms with E-state index in [1.165, 1.54) is 62.8 Å². The van der Waals surface area contributed by atoms with Crippen molar-refractivity contribution >= 4 is 95.6 Å². The van der Waals surface area contributed by atoms with E-state index < -0.39 is 43.5 Å². The van der Waals surface area contributed by atoms with Gasteiger partial charge in [-0.2, -0.15) is 9.45 Å². The molecule has 0 aliphatic heterocycles. The predicted octanol–water partition coefficient (Wildman–Crippen LogP) is -5.63. The second kappa shape index (κ2) is 28.0. The maximum absolute atomic E-state index is 13.0. The van der Waals surface area contributed by atoms with Crippen LogP contribution in [0.15, 0.2) is 89.7 Å². The smallest absolute Gasteiger partial charge is 0.691 e. The van der Waals surface area contributed by atoms with Crippen molar-refractivity contribution in [3.63, 3.8) is 0 Å². The van der Waals surface area contributed by atoms with Crippen LogP contribution in [-0.4, -0.2) is 60.9 Å².